The van der Waals surface area contributed by atoms with Crippen LogP contribution in [0.25, 0.3) is 0 Å². The molecule has 0 aliphatic carbocycles. The van der Waals surface area contributed by atoms with E-state index in [4.69, 9.17) is 14.9 Å². The molecule has 0 bridgehead atoms. The fourth-order valence-electron chi connectivity index (χ4n) is 0.939. The maximum Gasteiger partial charge on any atom is 0.308 e. The van der Waals surface area contributed by atoms with E-state index in [1.54, 1.807) is 6.92 Å². The van der Waals surface area contributed by atoms with Crippen LogP contribution in [0, 0.1) is 0 Å². The van der Waals surface area contributed by atoms with Crippen LogP contribution in [0.1, 0.15) is 33.1 Å². The van der Waals surface area contributed by atoms with Gasteiger partial charge >= 0.3 is 11.9 Å². The van der Waals surface area contributed by atoms with Gasteiger partial charge in [0, 0.05) is 0 Å². The highest BCUT2D eigenvalue weighted by Gasteiger charge is 2.16. The number of hydrogen-bond donors (Lipinski definition) is 2. The van der Waals surface area contributed by atoms with Crippen LogP contribution in [0.2, 0.25) is 0 Å². The lowest BCUT2D eigenvalue weighted by Crippen LogP contribution is -2.22. The summed E-state index contributed by atoms with van der Waals surface area (Å²) in [6.45, 7) is 3.21. The second kappa shape index (κ2) is 6.37. The largest absolute Gasteiger partial charge is 0.481 e. The predicted molar refractivity (Wildman–Crippen MR) is 48.7 cm³/mol. The Hall–Kier alpha value is -1.10. The molecule has 82 valence electrons. The van der Waals surface area contributed by atoms with Crippen LogP contribution in [-0.2, 0) is 14.3 Å². The Kier molecular flexibility index (Phi) is 5.87. The molecule has 2 N–H and O–H groups in total. The molecule has 5 nitrogen and oxygen atoms in total. The number of carboxylic acid groups (broad SMARTS) is 1. The van der Waals surface area contributed by atoms with Crippen molar-refractivity contribution in [2.75, 3.05) is 0 Å². The zero-order valence-corrected chi connectivity index (χ0v) is 8.40. The van der Waals surface area contributed by atoms with Crippen LogP contribution in [-0.4, -0.2) is 34.4 Å². The number of aliphatic hydroxyl groups excluding tert-OH is 1. The number of rotatable bonds is 6. The van der Waals surface area contributed by atoms with Gasteiger partial charge in [0.05, 0.1) is 18.9 Å². The molecule has 0 saturated carbocycles. The van der Waals surface area contributed by atoms with Gasteiger partial charge < -0.3 is 14.9 Å². The highest BCUT2D eigenvalue weighted by atomic mass is 16.5. The second-order valence-electron chi connectivity index (χ2n) is 3.17. The standard InChI is InChI=1S/C9H16O5/c1-3-7(5-8(11)12)14-9(13)4-6(2)10/h6-7,10H,3-5H2,1-2H3,(H,11,12)/t6-,7-/m1/s1. The number of esters is 1. The van der Waals surface area contributed by atoms with E-state index in [-0.39, 0.29) is 12.8 Å². The lowest BCUT2D eigenvalue weighted by Gasteiger charge is -2.14. The second-order valence-corrected chi connectivity index (χ2v) is 3.17. The average Bonchev–Trinajstić information content (AvgIpc) is 2.00. The van der Waals surface area contributed by atoms with E-state index in [2.05, 4.69) is 0 Å². The normalized spacial score (nSPS) is 14.5. The van der Waals surface area contributed by atoms with Gasteiger partial charge in [-0.3, -0.25) is 9.59 Å². The number of hydrogen-bond acceptors (Lipinski definition) is 4. The summed E-state index contributed by atoms with van der Waals surface area (Å²) in [5, 5.41) is 17.3. The summed E-state index contributed by atoms with van der Waals surface area (Å²) in [5.74, 6) is -1.56. The third-order valence-corrected chi connectivity index (χ3v) is 1.62. The number of ether oxygens (including phenoxy) is 1. The Morgan fingerprint density at radius 3 is 2.29 bits per heavy atom. The SMILES string of the molecule is CC[C@H](CC(=O)O)OC(=O)C[C@@H](C)O. The number of carbonyl (C=O) groups is 2. The molecule has 0 aliphatic heterocycles. The van der Waals surface area contributed by atoms with Gasteiger partial charge in [-0.1, -0.05) is 6.92 Å². The molecule has 0 aliphatic rings. The van der Waals surface area contributed by atoms with Gasteiger partial charge in [-0.15, -0.1) is 0 Å². The summed E-state index contributed by atoms with van der Waals surface area (Å²) in [4.78, 5) is 21.4. The van der Waals surface area contributed by atoms with Crippen molar-refractivity contribution in [2.45, 2.75) is 45.3 Å². The van der Waals surface area contributed by atoms with Crippen LogP contribution >= 0.6 is 0 Å². The molecule has 2 atom stereocenters. The first-order valence-corrected chi connectivity index (χ1v) is 4.55. The van der Waals surface area contributed by atoms with Crippen LogP contribution in [0.5, 0.6) is 0 Å². The highest BCUT2D eigenvalue weighted by molar-refractivity contribution is 5.71. The Morgan fingerprint density at radius 1 is 1.36 bits per heavy atom. The molecular weight excluding hydrogens is 188 g/mol. The van der Waals surface area contributed by atoms with E-state index >= 15 is 0 Å². The lowest BCUT2D eigenvalue weighted by atomic mass is 10.2. The fourth-order valence-corrected chi connectivity index (χ4v) is 0.939. The first-order chi connectivity index (χ1) is 6.45. The molecule has 0 saturated heterocycles. The number of aliphatic carboxylic acids is 1. The van der Waals surface area contributed by atoms with Crippen molar-refractivity contribution >= 4 is 11.9 Å². The molecule has 0 rings (SSSR count). The van der Waals surface area contributed by atoms with E-state index in [9.17, 15) is 9.59 Å². The first-order valence-electron chi connectivity index (χ1n) is 4.55. The molecule has 0 spiro atoms. The third-order valence-electron chi connectivity index (χ3n) is 1.62. The van der Waals surface area contributed by atoms with Crippen molar-refractivity contribution in [3.63, 3.8) is 0 Å². The monoisotopic (exact) mass is 204 g/mol. The minimum atomic E-state index is -0.998. The van der Waals surface area contributed by atoms with Gasteiger partial charge in [0.2, 0.25) is 0 Å². The number of carbonyl (C=O) groups excluding carboxylic acids is 1. The summed E-state index contributed by atoms with van der Waals surface area (Å²) in [6.07, 6.45) is -1.20. The van der Waals surface area contributed by atoms with Crippen molar-refractivity contribution in [1.82, 2.24) is 0 Å². The van der Waals surface area contributed by atoms with Gasteiger partial charge in [0.1, 0.15) is 6.10 Å². The molecule has 0 radical (unpaired) electrons. The first kappa shape index (κ1) is 12.9. The maximum atomic E-state index is 11.0. The highest BCUT2D eigenvalue weighted by Crippen LogP contribution is 2.06. The fraction of sp³-hybridized carbons (Fsp3) is 0.778. The zero-order valence-electron chi connectivity index (χ0n) is 8.40. The summed E-state index contributed by atoms with van der Waals surface area (Å²) in [7, 11) is 0. The van der Waals surface area contributed by atoms with E-state index in [0.717, 1.165) is 0 Å². The quantitative estimate of drug-likeness (QED) is 0.617. The Bertz CT molecular complexity index is 199. The van der Waals surface area contributed by atoms with Gasteiger partial charge in [-0.05, 0) is 13.3 Å². The van der Waals surface area contributed by atoms with Crippen molar-refractivity contribution in [1.29, 1.82) is 0 Å². The molecule has 0 aromatic heterocycles. The minimum Gasteiger partial charge on any atom is -0.481 e. The molecule has 5 heteroatoms. The Morgan fingerprint density at radius 2 is 1.93 bits per heavy atom. The van der Waals surface area contributed by atoms with Crippen molar-refractivity contribution in [3.8, 4) is 0 Å². The minimum absolute atomic E-state index is 0.101. The number of aliphatic hydroxyl groups is 1. The summed E-state index contributed by atoms with van der Waals surface area (Å²) < 4.78 is 4.84. The van der Waals surface area contributed by atoms with Crippen molar-refractivity contribution in [2.24, 2.45) is 0 Å². The summed E-state index contributed by atoms with van der Waals surface area (Å²) >= 11 is 0. The average molecular weight is 204 g/mol. The van der Waals surface area contributed by atoms with Gasteiger partial charge in [-0.25, -0.2) is 0 Å². The smallest absolute Gasteiger partial charge is 0.308 e. The molecule has 14 heavy (non-hydrogen) atoms. The van der Waals surface area contributed by atoms with E-state index in [1.807, 2.05) is 0 Å². The van der Waals surface area contributed by atoms with Crippen molar-refractivity contribution in [3.05, 3.63) is 0 Å². The molecule has 0 heterocycles. The topological polar surface area (TPSA) is 83.8 Å². The summed E-state index contributed by atoms with van der Waals surface area (Å²) in [5.41, 5.74) is 0. The van der Waals surface area contributed by atoms with E-state index < -0.39 is 24.1 Å². The number of carboxylic acids is 1. The predicted octanol–water partition coefficient (Wildman–Crippen LogP) is 0.554. The zero-order chi connectivity index (χ0) is 11.1. The molecule has 0 amide bonds. The van der Waals surface area contributed by atoms with E-state index in [0.29, 0.717) is 6.42 Å². The van der Waals surface area contributed by atoms with Gasteiger partial charge in [0.15, 0.2) is 0 Å². The molecule has 0 aromatic rings. The molecule has 0 aromatic carbocycles. The van der Waals surface area contributed by atoms with Gasteiger partial charge in [-0.2, -0.15) is 0 Å². The molecule has 0 unspecified atom stereocenters. The van der Waals surface area contributed by atoms with Crippen LogP contribution < -0.4 is 0 Å². The van der Waals surface area contributed by atoms with Gasteiger partial charge in [0.25, 0.3) is 0 Å². The lowest BCUT2D eigenvalue weighted by molar-refractivity contribution is -0.154. The van der Waals surface area contributed by atoms with Crippen molar-refractivity contribution < 1.29 is 24.5 Å². The maximum absolute atomic E-state index is 11.0. The van der Waals surface area contributed by atoms with Crippen LogP contribution in [0.15, 0.2) is 0 Å². The third kappa shape index (κ3) is 6.42. The van der Waals surface area contributed by atoms with E-state index in [1.165, 1.54) is 6.92 Å². The van der Waals surface area contributed by atoms with Crippen LogP contribution in [0.4, 0.5) is 0 Å². The molecule has 0 fully saturated rings. The summed E-state index contributed by atoms with van der Waals surface area (Å²) in [6, 6.07) is 0. The molecular formula is C9H16O5. The Labute approximate surface area is 82.7 Å². The van der Waals surface area contributed by atoms with Crippen LogP contribution in [0.3, 0.4) is 0 Å². The Balaban J connectivity index is 3.92.